The molecular weight excluding hydrogens is 306 g/mol. The van der Waals surface area contributed by atoms with Gasteiger partial charge in [0.25, 0.3) is 0 Å². The van der Waals surface area contributed by atoms with Crippen molar-refractivity contribution in [2.24, 2.45) is 17.6 Å². The summed E-state index contributed by atoms with van der Waals surface area (Å²) in [4.78, 5) is 16.5. The van der Waals surface area contributed by atoms with Crippen LogP contribution in [0.1, 0.15) is 26.7 Å². The van der Waals surface area contributed by atoms with Gasteiger partial charge in [-0.25, -0.2) is 4.98 Å². The first-order valence-electron chi connectivity index (χ1n) is 7.02. The standard InChI is InChI=1S/C15H20ClN3OS/c1-9(2)5-10(7-17)6-13(20)19-14-11(16)3-4-12-15(14)18-8-21-12/h3-4,8-10H,5-7,17H2,1-2H3,(H,19,20). The number of nitrogens with one attached hydrogen (secondary N) is 1. The molecule has 0 bridgehead atoms. The lowest BCUT2D eigenvalue weighted by Gasteiger charge is -2.17. The molecule has 0 fully saturated rings. The minimum atomic E-state index is -0.0616. The molecule has 2 aromatic rings. The summed E-state index contributed by atoms with van der Waals surface area (Å²) in [6.45, 7) is 4.78. The Balaban J connectivity index is 2.10. The fourth-order valence-electron chi connectivity index (χ4n) is 2.41. The summed E-state index contributed by atoms with van der Waals surface area (Å²) in [5.74, 6) is 0.656. The molecule has 1 aromatic heterocycles. The van der Waals surface area contributed by atoms with E-state index in [1.165, 1.54) is 11.3 Å². The zero-order valence-corrected chi connectivity index (χ0v) is 13.8. The number of hydrogen-bond donors (Lipinski definition) is 2. The van der Waals surface area contributed by atoms with Gasteiger partial charge in [0.05, 0.1) is 20.9 Å². The number of halogens is 1. The number of aromatic nitrogens is 1. The predicted molar refractivity (Wildman–Crippen MR) is 89.9 cm³/mol. The first-order valence-corrected chi connectivity index (χ1v) is 8.28. The highest BCUT2D eigenvalue weighted by Gasteiger charge is 2.17. The molecule has 3 N–H and O–H groups in total. The molecule has 4 nitrogen and oxygen atoms in total. The topological polar surface area (TPSA) is 68.0 Å². The third kappa shape index (κ3) is 4.15. The van der Waals surface area contributed by atoms with Crippen molar-refractivity contribution < 1.29 is 4.79 Å². The normalized spacial score (nSPS) is 12.8. The van der Waals surface area contributed by atoms with Crippen molar-refractivity contribution in [1.29, 1.82) is 0 Å². The van der Waals surface area contributed by atoms with Crippen LogP contribution in [0.5, 0.6) is 0 Å². The number of fused-ring (bicyclic) bond motifs is 1. The summed E-state index contributed by atoms with van der Waals surface area (Å²) in [7, 11) is 0. The van der Waals surface area contributed by atoms with E-state index in [-0.39, 0.29) is 11.8 Å². The zero-order valence-electron chi connectivity index (χ0n) is 12.2. The van der Waals surface area contributed by atoms with E-state index in [1.54, 1.807) is 11.6 Å². The second-order valence-corrected chi connectivity index (χ2v) is 6.90. The number of rotatable bonds is 6. The van der Waals surface area contributed by atoms with E-state index >= 15 is 0 Å². The Labute approximate surface area is 133 Å². The van der Waals surface area contributed by atoms with Crippen LogP contribution in [-0.4, -0.2) is 17.4 Å². The first-order chi connectivity index (χ1) is 10.0. The number of anilines is 1. The molecular formula is C15H20ClN3OS. The van der Waals surface area contributed by atoms with E-state index in [2.05, 4.69) is 24.1 Å². The summed E-state index contributed by atoms with van der Waals surface area (Å²) in [5.41, 5.74) is 8.84. The van der Waals surface area contributed by atoms with Gasteiger partial charge < -0.3 is 11.1 Å². The van der Waals surface area contributed by atoms with Crippen LogP contribution in [0.4, 0.5) is 5.69 Å². The predicted octanol–water partition coefficient (Wildman–Crippen LogP) is 3.90. The molecule has 0 radical (unpaired) electrons. The number of thiazole rings is 1. The van der Waals surface area contributed by atoms with Gasteiger partial charge in [-0.3, -0.25) is 4.79 Å². The number of hydrogen-bond acceptors (Lipinski definition) is 4. The second-order valence-electron chi connectivity index (χ2n) is 5.61. The number of carbonyl (C=O) groups excluding carboxylic acids is 1. The smallest absolute Gasteiger partial charge is 0.224 e. The Bertz CT molecular complexity index is 626. The number of benzene rings is 1. The lowest BCUT2D eigenvalue weighted by molar-refractivity contribution is -0.117. The third-order valence-corrected chi connectivity index (χ3v) is 4.44. The molecule has 6 heteroatoms. The summed E-state index contributed by atoms with van der Waals surface area (Å²) in [5, 5.41) is 3.40. The number of carbonyl (C=O) groups is 1. The molecule has 1 unspecified atom stereocenters. The molecule has 0 spiro atoms. The van der Waals surface area contributed by atoms with E-state index in [0.717, 1.165) is 16.6 Å². The van der Waals surface area contributed by atoms with Crippen molar-refractivity contribution in [3.8, 4) is 0 Å². The van der Waals surface area contributed by atoms with Crippen LogP contribution in [0.2, 0.25) is 5.02 Å². The summed E-state index contributed by atoms with van der Waals surface area (Å²) < 4.78 is 1.01. The maximum atomic E-state index is 12.2. The van der Waals surface area contributed by atoms with Gasteiger partial charge in [0.2, 0.25) is 5.91 Å². The van der Waals surface area contributed by atoms with E-state index in [1.807, 2.05) is 6.07 Å². The van der Waals surface area contributed by atoms with Crippen molar-refractivity contribution >= 4 is 44.7 Å². The van der Waals surface area contributed by atoms with Crippen LogP contribution < -0.4 is 11.1 Å². The molecule has 21 heavy (non-hydrogen) atoms. The quantitative estimate of drug-likeness (QED) is 0.846. The minimum absolute atomic E-state index is 0.0616. The summed E-state index contributed by atoms with van der Waals surface area (Å²) >= 11 is 7.71. The highest BCUT2D eigenvalue weighted by molar-refractivity contribution is 7.16. The van der Waals surface area contributed by atoms with Gasteiger partial charge in [0.15, 0.2) is 0 Å². The van der Waals surface area contributed by atoms with Crippen molar-refractivity contribution in [3.63, 3.8) is 0 Å². The molecule has 1 atom stereocenters. The van der Waals surface area contributed by atoms with Crippen LogP contribution in [0.25, 0.3) is 10.2 Å². The summed E-state index contributed by atoms with van der Waals surface area (Å²) in [6.07, 6.45) is 1.35. The number of amides is 1. The molecule has 0 saturated carbocycles. The highest BCUT2D eigenvalue weighted by atomic mass is 35.5. The molecule has 1 amide bonds. The Morgan fingerprint density at radius 3 is 2.90 bits per heavy atom. The van der Waals surface area contributed by atoms with Crippen molar-refractivity contribution in [2.75, 3.05) is 11.9 Å². The lowest BCUT2D eigenvalue weighted by atomic mass is 9.94. The van der Waals surface area contributed by atoms with E-state index in [9.17, 15) is 4.79 Å². The monoisotopic (exact) mass is 325 g/mol. The van der Waals surface area contributed by atoms with Gasteiger partial charge in [0.1, 0.15) is 5.52 Å². The Morgan fingerprint density at radius 2 is 2.24 bits per heavy atom. The van der Waals surface area contributed by atoms with E-state index < -0.39 is 0 Å². The lowest BCUT2D eigenvalue weighted by Crippen LogP contribution is -2.23. The third-order valence-electron chi connectivity index (χ3n) is 3.33. The Hall–Kier alpha value is -1.17. The second kappa shape index (κ2) is 7.20. The average Bonchev–Trinajstić information content (AvgIpc) is 2.89. The molecule has 0 aliphatic carbocycles. The van der Waals surface area contributed by atoms with Crippen molar-refractivity contribution in [1.82, 2.24) is 4.98 Å². The van der Waals surface area contributed by atoms with Gasteiger partial charge in [-0.2, -0.15) is 0 Å². The zero-order chi connectivity index (χ0) is 15.4. The molecule has 0 saturated heterocycles. The highest BCUT2D eigenvalue weighted by Crippen LogP contribution is 2.32. The first kappa shape index (κ1) is 16.2. The van der Waals surface area contributed by atoms with E-state index in [4.69, 9.17) is 17.3 Å². The fourth-order valence-corrected chi connectivity index (χ4v) is 3.29. The Kier molecular flexibility index (Phi) is 5.56. The molecule has 0 aliphatic rings. The maximum absolute atomic E-state index is 12.2. The van der Waals surface area contributed by atoms with Gasteiger partial charge in [-0.1, -0.05) is 25.4 Å². The molecule has 0 aliphatic heterocycles. The van der Waals surface area contributed by atoms with E-state index in [0.29, 0.717) is 29.6 Å². The average molecular weight is 326 g/mol. The van der Waals surface area contributed by atoms with Gasteiger partial charge in [-0.15, -0.1) is 11.3 Å². The minimum Gasteiger partial charge on any atom is -0.330 e. The molecule has 1 heterocycles. The van der Waals surface area contributed by atoms with Gasteiger partial charge in [0, 0.05) is 6.42 Å². The summed E-state index contributed by atoms with van der Waals surface area (Å²) in [6, 6.07) is 3.69. The van der Waals surface area contributed by atoms with Crippen molar-refractivity contribution in [2.45, 2.75) is 26.7 Å². The fraction of sp³-hybridized carbons (Fsp3) is 0.467. The number of nitrogens with zero attached hydrogens (tertiary/aromatic N) is 1. The Morgan fingerprint density at radius 1 is 1.48 bits per heavy atom. The van der Waals surface area contributed by atoms with Crippen LogP contribution in [0.15, 0.2) is 17.6 Å². The molecule has 1 aromatic carbocycles. The van der Waals surface area contributed by atoms with Gasteiger partial charge >= 0.3 is 0 Å². The largest absolute Gasteiger partial charge is 0.330 e. The molecule has 114 valence electrons. The van der Waals surface area contributed by atoms with Crippen LogP contribution in [0.3, 0.4) is 0 Å². The van der Waals surface area contributed by atoms with Crippen LogP contribution in [-0.2, 0) is 4.79 Å². The van der Waals surface area contributed by atoms with Gasteiger partial charge in [-0.05, 0) is 36.9 Å². The van der Waals surface area contributed by atoms with Crippen LogP contribution >= 0.6 is 22.9 Å². The van der Waals surface area contributed by atoms with Crippen molar-refractivity contribution in [3.05, 3.63) is 22.7 Å². The maximum Gasteiger partial charge on any atom is 0.224 e. The SMILES string of the molecule is CC(C)CC(CN)CC(=O)Nc1c(Cl)ccc2scnc12. The molecule has 2 rings (SSSR count). The van der Waals surface area contributed by atoms with Crippen LogP contribution in [0, 0.1) is 11.8 Å². The number of nitrogens with two attached hydrogens (primary N) is 1.